The molecule has 2 heterocycles. The van der Waals surface area contributed by atoms with Crippen LogP contribution in [-0.4, -0.2) is 66.4 Å². The fourth-order valence-corrected chi connectivity index (χ4v) is 4.48. The van der Waals surface area contributed by atoms with Gasteiger partial charge in [-0.05, 0) is 75.1 Å². The van der Waals surface area contributed by atoms with Gasteiger partial charge in [0.2, 0.25) is 0 Å². The van der Waals surface area contributed by atoms with E-state index in [9.17, 15) is 5.11 Å². The lowest BCUT2D eigenvalue weighted by atomic mass is 9.93. The van der Waals surface area contributed by atoms with Crippen molar-refractivity contribution >= 4 is 0 Å². The summed E-state index contributed by atoms with van der Waals surface area (Å²) in [6, 6.07) is 18.1. The second-order valence-electron chi connectivity index (χ2n) is 8.68. The van der Waals surface area contributed by atoms with E-state index in [1.807, 2.05) is 36.4 Å². The van der Waals surface area contributed by atoms with E-state index in [-0.39, 0.29) is 0 Å². The fourth-order valence-electron chi connectivity index (χ4n) is 4.48. The molecule has 1 N–H and O–H groups in total. The molecule has 0 bridgehead atoms. The summed E-state index contributed by atoms with van der Waals surface area (Å²) < 4.78 is 11.8. The molecule has 2 aromatic rings. The Bertz CT molecular complexity index is 779. The summed E-state index contributed by atoms with van der Waals surface area (Å²) >= 11 is 0. The Labute approximate surface area is 180 Å². The van der Waals surface area contributed by atoms with Crippen LogP contribution >= 0.6 is 0 Å². The number of para-hydroxylation sites is 1. The van der Waals surface area contributed by atoms with Gasteiger partial charge in [-0.3, -0.25) is 9.80 Å². The van der Waals surface area contributed by atoms with E-state index in [1.54, 1.807) is 0 Å². The number of piperidine rings is 1. The van der Waals surface area contributed by atoms with E-state index >= 15 is 0 Å². The van der Waals surface area contributed by atoms with Gasteiger partial charge in [0.15, 0.2) is 0 Å². The van der Waals surface area contributed by atoms with Gasteiger partial charge in [0, 0.05) is 19.6 Å². The lowest BCUT2D eigenvalue weighted by Crippen LogP contribution is -2.51. The Hall–Kier alpha value is -2.08. The van der Waals surface area contributed by atoms with E-state index in [2.05, 4.69) is 28.0 Å². The largest absolute Gasteiger partial charge is 0.492 e. The van der Waals surface area contributed by atoms with Crippen molar-refractivity contribution in [2.24, 2.45) is 0 Å². The Kier molecular flexibility index (Phi) is 7.26. The minimum atomic E-state index is -0.808. The van der Waals surface area contributed by atoms with Crippen LogP contribution in [0.3, 0.4) is 0 Å². The fraction of sp³-hybridized carbons (Fsp3) is 0.520. The number of hydrogen-bond acceptors (Lipinski definition) is 5. The molecular weight excluding hydrogens is 376 g/mol. The third-order valence-corrected chi connectivity index (χ3v) is 6.06. The molecule has 2 aliphatic heterocycles. The smallest absolute Gasteiger partial charge is 0.119 e. The zero-order valence-electron chi connectivity index (χ0n) is 17.8. The van der Waals surface area contributed by atoms with Crippen LogP contribution in [0, 0.1) is 0 Å². The number of ether oxygens (including phenoxy) is 2. The molecule has 0 spiro atoms. The molecule has 0 aromatic heterocycles. The Balaban J connectivity index is 1.26. The molecule has 5 nitrogen and oxygen atoms in total. The first-order valence-corrected chi connectivity index (χ1v) is 11.3. The first kappa shape index (κ1) is 21.2. The van der Waals surface area contributed by atoms with E-state index in [0.717, 1.165) is 50.6 Å². The van der Waals surface area contributed by atoms with Crippen molar-refractivity contribution in [1.82, 2.24) is 9.80 Å². The second-order valence-corrected chi connectivity index (χ2v) is 8.68. The van der Waals surface area contributed by atoms with Gasteiger partial charge >= 0.3 is 0 Å². The topological polar surface area (TPSA) is 45.2 Å². The van der Waals surface area contributed by atoms with Crippen molar-refractivity contribution in [2.45, 2.75) is 37.8 Å². The van der Waals surface area contributed by atoms with Gasteiger partial charge in [-0.2, -0.15) is 0 Å². The van der Waals surface area contributed by atoms with Gasteiger partial charge in [0.25, 0.3) is 0 Å². The summed E-state index contributed by atoms with van der Waals surface area (Å²) in [4.78, 5) is 4.79. The number of hydrogen-bond donors (Lipinski definition) is 1. The maximum Gasteiger partial charge on any atom is 0.119 e. The number of likely N-dealkylation sites (tertiary alicyclic amines) is 2. The number of β-amino-alcohol motifs (C(OH)–C–C–N with tert-alkyl or cyclic N) is 1. The van der Waals surface area contributed by atoms with Gasteiger partial charge in [-0.25, -0.2) is 0 Å². The van der Waals surface area contributed by atoms with Gasteiger partial charge in [0.1, 0.15) is 30.3 Å². The van der Waals surface area contributed by atoms with Gasteiger partial charge < -0.3 is 14.6 Å². The predicted molar refractivity (Wildman–Crippen MR) is 119 cm³/mol. The summed E-state index contributed by atoms with van der Waals surface area (Å²) in [5, 5.41) is 11.1. The second kappa shape index (κ2) is 10.3. The van der Waals surface area contributed by atoms with Crippen molar-refractivity contribution < 1.29 is 14.6 Å². The highest BCUT2D eigenvalue weighted by molar-refractivity contribution is 5.28. The lowest BCUT2D eigenvalue weighted by molar-refractivity contribution is -0.0621. The van der Waals surface area contributed by atoms with Crippen molar-refractivity contribution in [3.8, 4) is 11.5 Å². The molecule has 0 unspecified atom stereocenters. The minimum absolute atomic E-state index is 0.327. The molecule has 0 radical (unpaired) electrons. The van der Waals surface area contributed by atoms with Gasteiger partial charge in [-0.1, -0.05) is 30.3 Å². The average Bonchev–Trinajstić information content (AvgIpc) is 3.27. The molecule has 0 saturated carbocycles. The summed E-state index contributed by atoms with van der Waals surface area (Å²) in [6.45, 7) is 6.91. The van der Waals surface area contributed by atoms with Crippen LogP contribution in [0.5, 0.6) is 11.5 Å². The van der Waals surface area contributed by atoms with Crippen molar-refractivity contribution in [2.75, 3.05) is 45.9 Å². The number of benzene rings is 2. The molecule has 1 atom stereocenters. The minimum Gasteiger partial charge on any atom is -0.492 e. The number of rotatable bonds is 9. The van der Waals surface area contributed by atoms with E-state index in [0.29, 0.717) is 13.2 Å². The highest BCUT2D eigenvalue weighted by Crippen LogP contribution is 2.25. The number of nitrogens with zero attached hydrogens (tertiary/aromatic N) is 2. The molecule has 5 heteroatoms. The Morgan fingerprint density at radius 2 is 1.60 bits per heavy atom. The Morgan fingerprint density at radius 3 is 2.43 bits per heavy atom. The summed E-state index contributed by atoms with van der Waals surface area (Å²) in [6.07, 6.45) is 4.37. The van der Waals surface area contributed by atoms with Crippen LogP contribution in [0.15, 0.2) is 54.6 Å². The van der Waals surface area contributed by atoms with Crippen LogP contribution < -0.4 is 9.47 Å². The molecule has 2 saturated heterocycles. The molecular formula is C25H34N2O3. The SMILES string of the molecule is O[C@@]1(COc2ccccc2)CCCN(Cc2cccc(OCCN3CCCC3)c2)C1. The highest BCUT2D eigenvalue weighted by Gasteiger charge is 2.34. The van der Waals surface area contributed by atoms with E-state index in [4.69, 9.17) is 9.47 Å². The zero-order valence-corrected chi connectivity index (χ0v) is 17.8. The molecule has 162 valence electrons. The molecule has 2 aliphatic rings. The monoisotopic (exact) mass is 410 g/mol. The molecule has 2 aromatic carbocycles. The first-order valence-electron chi connectivity index (χ1n) is 11.3. The highest BCUT2D eigenvalue weighted by atomic mass is 16.5. The third-order valence-electron chi connectivity index (χ3n) is 6.06. The molecule has 0 amide bonds. The summed E-state index contributed by atoms with van der Waals surface area (Å²) in [5.74, 6) is 1.74. The summed E-state index contributed by atoms with van der Waals surface area (Å²) in [5.41, 5.74) is 0.416. The lowest BCUT2D eigenvalue weighted by Gasteiger charge is -2.39. The average molecular weight is 411 g/mol. The molecule has 2 fully saturated rings. The van der Waals surface area contributed by atoms with E-state index < -0.39 is 5.60 Å². The van der Waals surface area contributed by atoms with Crippen molar-refractivity contribution in [3.63, 3.8) is 0 Å². The van der Waals surface area contributed by atoms with Crippen molar-refractivity contribution in [1.29, 1.82) is 0 Å². The predicted octanol–water partition coefficient (Wildman–Crippen LogP) is 3.57. The van der Waals surface area contributed by atoms with Crippen molar-refractivity contribution in [3.05, 3.63) is 60.2 Å². The molecule has 0 aliphatic carbocycles. The first-order chi connectivity index (χ1) is 14.7. The molecule has 4 rings (SSSR count). The maximum atomic E-state index is 11.1. The van der Waals surface area contributed by atoms with Crippen LogP contribution in [0.25, 0.3) is 0 Å². The quantitative estimate of drug-likeness (QED) is 0.685. The maximum absolute atomic E-state index is 11.1. The zero-order chi connectivity index (χ0) is 20.7. The van der Waals surface area contributed by atoms with Gasteiger partial charge in [0.05, 0.1) is 0 Å². The van der Waals surface area contributed by atoms with Crippen LogP contribution in [0.4, 0.5) is 0 Å². The van der Waals surface area contributed by atoms with Gasteiger partial charge in [-0.15, -0.1) is 0 Å². The Morgan fingerprint density at radius 1 is 0.833 bits per heavy atom. The third kappa shape index (κ3) is 6.21. The van der Waals surface area contributed by atoms with Crippen LogP contribution in [0.2, 0.25) is 0 Å². The standard InChI is InChI=1S/C25H34N2O3/c28-25(21-30-23-9-2-1-3-10-23)12-7-15-27(20-25)19-22-8-6-11-24(18-22)29-17-16-26-13-4-5-14-26/h1-3,6,8-11,18,28H,4-5,7,12-17,19-21H2/t25-/m0/s1. The molecule has 30 heavy (non-hydrogen) atoms. The normalized spacial score (nSPS) is 22.8. The summed E-state index contributed by atoms with van der Waals surface area (Å²) in [7, 11) is 0. The van der Waals surface area contributed by atoms with E-state index in [1.165, 1.54) is 31.5 Å². The number of aliphatic hydroxyl groups is 1. The van der Waals surface area contributed by atoms with Crippen LogP contribution in [-0.2, 0) is 6.54 Å². The van der Waals surface area contributed by atoms with Crippen LogP contribution in [0.1, 0.15) is 31.2 Å².